The number of nitrogens with one attached hydrogen (secondary N) is 1. The first kappa shape index (κ1) is 18.6. The van der Waals surface area contributed by atoms with Gasteiger partial charge in [-0.3, -0.25) is 9.59 Å². The molecule has 0 bridgehead atoms. The number of nitrogens with zero attached hydrogens (tertiary/aromatic N) is 6. The molecule has 4 rings (SSSR count). The summed E-state index contributed by atoms with van der Waals surface area (Å²) >= 11 is 0. The van der Waals surface area contributed by atoms with Crippen molar-refractivity contribution in [3.05, 3.63) is 60.2 Å². The van der Waals surface area contributed by atoms with Gasteiger partial charge < -0.3 is 15.1 Å². The molecule has 0 radical (unpaired) electrons. The molecule has 1 aliphatic rings. The van der Waals surface area contributed by atoms with Crippen LogP contribution in [0.15, 0.2) is 54.6 Å². The molecule has 1 saturated heterocycles. The minimum absolute atomic E-state index is 0.0262. The van der Waals surface area contributed by atoms with Crippen molar-refractivity contribution in [1.82, 2.24) is 25.1 Å². The largest absolute Gasteiger partial charge is 0.336 e. The van der Waals surface area contributed by atoms with E-state index in [1.807, 2.05) is 35.2 Å². The van der Waals surface area contributed by atoms with Crippen LogP contribution in [0.5, 0.6) is 0 Å². The Labute approximate surface area is 167 Å². The van der Waals surface area contributed by atoms with Crippen molar-refractivity contribution in [2.24, 2.45) is 0 Å². The number of piperazine rings is 1. The Morgan fingerprint density at radius 3 is 2.28 bits per heavy atom. The lowest BCUT2D eigenvalue weighted by Crippen LogP contribution is -2.49. The summed E-state index contributed by atoms with van der Waals surface area (Å²) in [5.41, 5.74) is 2.17. The molecule has 0 atom stereocenters. The second-order valence-corrected chi connectivity index (χ2v) is 6.76. The predicted octanol–water partition coefficient (Wildman–Crippen LogP) is 1.58. The van der Waals surface area contributed by atoms with Crippen LogP contribution in [-0.4, -0.2) is 63.1 Å². The zero-order valence-corrected chi connectivity index (χ0v) is 16.0. The van der Waals surface area contributed by atoms with Crippen molar-refractivity contribution in [3.8, 4) is 5.69 Å². The van der Waals surface area contributed by atoms with Crippen molar-refractivity contribution in [1.29, 1.82) is 0 Å². The Morgan fingerprint density at radius 1 is 0.931 bits per heavy atom. The SMILES string of the molecule is CC(=O)Nc1ccc(C(=O)N2CCN(c3nnnn3-c3ccccc3)CC2)cc1. The third-order valence-electron chi connectivity index (χ3n) is 4.76. The van der Waals surface area contributed by atoms with Crippen molar-refractivity contribution >= 4 is 23.5 Å². The summed E-state index contributed by atoms with van der Waals surface area (Å²) in [5, 5.41) is 14.8. The lowest BCUT2D eigenvalue weighted by Gasteiger charge is -2.34. The zero-order valence-electron chi connectivity index (χ0n) is 16.0. The number of hydrogen-bond donors (Lipinski definition) is 1. The van der Waals surface area contributed by atoms with Crippen LogP contribution >= 0.6 is 0 Å². The van der Waals surface area contributed by atoms with E-state index in [1.165, 1.54) is 6.92 Å². The number of carbonyl (C=O) groups excluding carboxylic acids is 2. The summed E-state index contributed by atoms with van der Waals surface area (Å²) in [4.78, 5) is 27.8. The fourth-order valence-electron chi connectivity index (χ4n) is 3.31. The molecule has 2 amide bonds. The molecule has 2 aromatic carbocycles. The van der Waals surface area contributed by atoms with Crippen LogP contribution in [0.2, 0.25) is 0 Å². The highest BCUT2D eigenvalue weighted by Gasteiger charge is 2.25. The monoisotopic (exact) mass is 391 g/mol. The minimum atomic E-state index is -0.141. The van der Waals surface area contributed by atoms with Gasteiger partial charge in [-0.25, -0.2) is 0 Å². The molecule has 9 nitrogen and oxygen atoms in total. The van der Waals surface area contributed by atoms with Gasteiger partial charge in [0.05, 0.1) is 5.69 Å². The Kier molecular flexibility index (Phi) is 5.19. The van der Waals surface area contributed by atoms with Gasteiger partial charge in [0.1, 0.15) is 0 Å². The van der Waals surface area contributed by atoms with Crippen LogP contribution in [0.1, 0.15) is 17.3 Å². The van der Waals surface area contributed by atoms with Crippen LogP contribution in [0, 0.1) is 0 Å². The topological polar surface area (TPSA) is 96.2 Å². The number of para-hydroxylation sites is 1. The molecule has 1 N–H and O–H groups in total. The van der Waals surface area contributed by atoms with Crippen molar-refractivity contribution < 1.29 is 9.59 Å². The van der Waals surface area contributed by atoms with Gasteiger partial charge in [-0.1, -0.05) is 23.3 Å². The van der Waals surface area contributed by atoms with Crippen molar-refractivity contribution in [3.63, 3.8) is 0 Å². The average molecular weight is 391 g/mol. The molecule has 9 heteroatoms. The summed E-state index contributed by atoms with van der Waals surface area (Å²) in [7, 11) is 0. The van der Waals surface area contributed by atoms with Gasteiger partial charge >= 0.3 is 0 Å². The maximum atomic E-state index is 12.8. The normalized spacial score (nSPS) is 14.0. The second kappa shape index (κ2) is 8.09. The number of benzene rings is 2. The molecule has 1 aliphatic heterocycles. The van der Waals surface area contributed by atoms with Gasteiger partial charge in [0.15, 0.2) is 0 Å². The molecule has 3 aromatic rings. The highest BCUT2D eigenvalue weighted by Crippen LogP contribution is 2.18. The van der Waals surface area contributed by atoms with Gasteiger partial charge in [0, 0.05) is 44.4 Å². The number of aromatic nitrogens is 4. The van der Waals surface area contributed by atoms with Gasteiger partial charge in [0.2, 0.25) is 11.9 Å². The first-order valence-electron chi connectivity index (χ1n) is 9.37. The van der Waals surface area contributed by atoms with Crippen LogP contribution in [0.4, 0.5) is 11.6 Å². The maximum Gasteiger partial charge on any atom is 0.253 e. The molecule has 0 spiro atoms. The van der Waals surface area contributed by atoms with Crippen LogP contribution < -0.4 is 10.2 Å². The summed E-state index contributed by atoms with van der Waals surface area (Å²) in [6, 6.07) is 16.7. The average Bonchev–Trinajstić information content (AvgIpc) is 3.24. The van der Waals surface area contributed by atoms with Crippen LogP contribution in [-0.2, 0) is 4.79 Å². The summed E-state index contributed by atoms with van der Waals surface area (Å²) < 4.78 is 1.71. The highest BCUT2D eigenvalue weighted by atomic mass is 16.2. The Balaban J connectivity index is 1.41. The number of rotatable bonds is 4. The summed E-state index contributed by atoms with van der Waals surface area (Å²) in [6.07, 6.45) is 0. The highest BCUT2D eigenvalue weighted by molar-refractivity contribution is 5.95. The molecular weight excluding hydrogens is 370 g/mol. The van der Waals surface area contributed by atoms with E-state index >= 15 is 0 Å². The molecule has 1 aromatic heterocycles. The number of hydrogen-bond acceptors (Lipinski definition) is 6. The van der Waals surface area contributed by atoms with E-state index in [0.29, 0.717) is 43.4 Å². The lowest BCUT2D eigenvalue weighted by atomic mass is 10.1. The third-order valence-corrected chi connectivity index (χ3v) is 4.76. The third kappa shape index (κ3) is 4.08. The molecule has 2 heterocycles. The lowest BCUT2D eigenvalue weighted by molar-refractivity contribution is -0.114. The molecule has 1 fully saturated rings. The smallest absolute Gasteiger partial charge is 0.253 e. The predicted molar refractivity (Wildman–Crippen MR) is 108 cm³/mol. The van der Waals surface area contributed by atoms with E-state index in [9.17, 15) is 9.59 Å². The van der Waals surface area contributed by atoms with E-state index in [1.54, 1.807) is 28.9 Å². The van der Waals surface area contributed by atoms with E-state index in [2.05, 4.69) is 25.7 Å². The zero-order chi connectivity index (χ0) is 20.2. The fraction of sp³-hybridized carbons (Fsp3) is 0.250. The maximum absolute atomic E-state index is 12.8. The van der Waals surface area contributed by atoms with Gasteiger partial charge in [-0.2, -0.15) is 4.68 Å². The Bertz CT molecular complexity index is 993. The van der Waals surface area contributed by atoms with Gasteiger partial charge in [-0.15, -0.1) is 0 Å². The fourth-order valence-corrected chi connectivity index (χ4v) is 3.31. The molecule has 0 saturated carbocycles. The van der Waals surface area contributed by atoms with Crippen LogP contribution in [0.25, 0.3) is 5.69 Å². The standard InChI is InChI=1S/C20H21N7O2/c1-15(28)21-17-9-7-16(8-10-17)19(29)25-11-13-26(14-12-25)20-22-23-24-27(20)18-5-3-2-4-6-18/h2-10H,11-14H2,1H3,(H,21,28). The quantitative estimate of drug-likeness (QED) is 0.725. The first-order valence-corrected chi connectivity index (χ1v) is 9.37. The van der Waals surface area contributed by atoms with Crippen LogP contribution in [0.3, 0.4) is 0 Å². The van der Waals surface area contributed by atoms with E-state index in [-0.39, 0.29) is 11.8 Å². The molecule has 29 heavy (non-hydrogen) atoms. The van der Waals surface area contributed by atoms with Crippen molar-refractivity contribution in [2.45, 2.75) is 6.92 Å². The number of amides is 2. The first-order chi connectivity index (χ1) is 14.1. The van der Waals surface area contributed by atoms with E-state index in [4.69, 9.17) is 0 Å². The summed E-state index contributed by atoms with van der Waals surface area (Å²) in [6.45, 7) is 3.89. The Morgan fingerprint density at radius 2 is 1.62 bits per heavy atom. The molecule has 0 aliphatic carbocycles. The van der Waals surface area contributed by atoms with Gasteiger partial charge in [0.25, 0.3) is 5.91 Å². The Hall–Kier alpha value is -3.75. The van der Waals surface area contributed by atoms with E-state index < -0.39 is 0 Å². The number of tetrazole rings is 1. The summed E-state index contributed by atoms with van der Waals surface area (Å²) in [5.74, 6) is 0.502. The molecule has 0 unspecified atom stereocenters. The second-order valence-electron chi connectivity index (χ2n) is 6.76. The van der Waals surface area contributed by atoms with Gasteiger partial charge in [-0.05, 0) is 46.8 Å². The number of carbonyl (C=O) groups is 2. The van der Waals surface area contributed by atoms with Crippen molar-refractivity contribution in [2.75, 3.05) is 36.4 Å². The molecular formula is C20H21N7O2. The molecule has 148 valence electrons. The minimum Gasteiger partial charge on any atom is -0.336 e. The van der Waals surface area contributed by atoms with E-state index in [0.717, 1.165) is 5.69 Å². The number of anilines is 2.